The molecule has 4 atom stereocenters. The van der Waals surface area contributed by atoms with Crippen molar-refractivity contribution in [3.8, 4) is 0 Å². The highest BCUT2D eigenvalue weighted by Crippen LogP contribution is 2.36. The highest BCUT2D eigenvalue weighted by molar-refractivity contribution is 5.68. The maximum Gasteiger partial charge on any atom is 0.424 e. The number of fused-ring (bicyclic) bond motifs is 1. The Bertz CT molecular complexity index is 1060. The van der Waals surface area contributed by atoms with Crippen molar-refractivity contribution in [1.29, 1.82) is 0 Å². The highest BCUT2D eigenvalue weighted by atomic mass is 16.6. The average Bonchev–Trinajstić information content (AvgIpc) is 2.91. The zero-order valence-corrected chi connectivity index (χ0v) is 23.4. The van der Waals surface area contributed by atoms with E-state index in [0.29, 0.717) is 31.3 Å². The molecule has 8 heteroatoms. The van der Waals surface area contributed by atoms with Crippen LogP contribution >= 0.6 is 0 Å². The number of aliphatic hydroxyl groups excluding tert-OH is 1. The van der Waals surface area contributed by atoms with Gasteiger partial charge in [0, 0.05) is 19.6 Å². The third-order valence-electron chi connectivity index (χ3n) is 7.54. The summed E-state index contributed by atoms with van der Waals surface area (Å²) in [5.74, 6) is 0.909. The van der Waals surface area contributed by atoms with Gasteiger partial charge in [-0.15, -0.1) is 0 Å². The van der Waals surface area contributed by atoms with E-state index >= 15 is 0 Å². The number of carbonyl (C=O) groups is 2. The summed E-state index contributed by atoms with van der Waals surface area (Å²) in [5.41, 5.74) is 1.25. The first-order valence-corrected chi connectivity index (χ1v) is 14.1. The Labute approximate surface area is 232 Å². The molecule has 2 amide bonds. The molecule has 1 saturated heterocycles. The molecule has 2 aliphatic rings. The van der Waals surface area contributed by atoms with Gasteiger partial charge in [0.15, 0.2) is 0 Å². The van der Waals surface area contributed by atoms with Crippen LogP contribution in [0.15, 0.2) is 60.7 Å². The van der Waals surface area contributed by atoms with Crippen LogP contribution in [0.5, 0.6) is 0 Å². The maximum absolute atomic E-state index is 13.2. The lowest BCUT2D eigenvalue weighted by atomic mass is 9.77. The summed E-state index contributed by atoms with van der Waals surface area (Å²) in [7, 11) is 0. The molecule has 0 aromatic heterocycles. The van der Waals surface area contributed by atoms with E-state index in [9.17, 15) is 14.7 Å². The minimum atomic E-state index is -0.945. The number of benzene rings is 2. The van der Waals surface area contributed by atoms with Crippen LogP contribution in [-0.2, 0) is 22.5 Å². The van der Waals surface area contributed by atoms with Gasteiger partial charge in [-0.3, -0.25) is 0 Å². The number of hydrogen-bond donors (Lipinski definition) is 2. The molecular weight excluding hydrogens is 494 g/mol. The maximum atomic E-state index is 13.2. The third kappa shape index (κ3) is 8.70. The summed E-state index contributed by atoms with van der Waals surface area (Å²) in [6, 6.07) is 18.6. The van der Waals surface area contributed by atoms with E-state index in [1.807, 2.05) is 86.4 Å². The molecule has 0 radical (unpaired) electrons. The van der Waals surface area contributed by atoms with Crippen LogP contribution in [0.3, 0.4) is 0 Å². The SMILES string of the molecule is CC(C)(C)OC(=O)N1CC2CCCCC2CN1CC(O)[C@H](Cc1ccccc1)NC(=O)OCc1ccccc1. The van der Waals surface area contributed by atoms with E-state index < -0.39 is 29.9 Å². The summed E-state index contributed by atoms with van der Waals surface area (Å²) in [6.07, 6.45) is 3.09. The van der Waals surface area contributed by atoms with E-state index in [4.69, 9.17) is 9.47 Å². The van der Waals surface area contributed by atoms with Crippen molar-refractivity contribution in [3.05, 3.63) is 71.8 Å². The molecule has 2 aromatic rings. The first kappa shape index (κ1) is 28.9. The fourth-order valence-electron chi connectivity index (χ4n) is 5.56. The Morgan fingerprint density at radius 2 is 1.54 bits per heavy atom. The van der Waals surface area contributed by atoms with Gasteiger partial charge in [0.05, 0.1) is 12.1 Å². The van der Waals surface area contributed by atoms with Crippen LogP contribution in [0.2, 0.25) is 0 Å². The quantitative estimate of drug-likeness (QED) is 0.484. The summed E-state index contributed by atoms with van der Waals surface area (Å²) in [4.78, 5) is 26.0. The van der Waals surface area contributed by atoms with E-state index in [-0.39, 0.29) is 13.2 Å². The largest absolute Gasteiger partial charge is 0.445 e. The molecule has 1 heterocycles. The van der Waals surface area contributed by atoms with Gasteiger partial charge in [-0.2, -0.15) is 0 Å². The van der Waals surface area contributed by atoms with Crippen LogP contribution < -0.4 is 5.32 Å². The number of alkyl carbamates (subject to hydrolysis) is 1. The lowest BCUT2D eigenvalue weighted by Gasteiger charge is -2.48. The van der Waals surface area contributed by atoms with Crippen molar-refractivity contribution in [2.24, 2.45) is 11.8 Å². The molecule has 3 unspecified atom stereocenters. The molecule has 212 valence electrons. The van der Waals surface area contributed by atoms with Gasteiger partial charge >= 0.3 is 12.2 Å². The summed E-state index contributed by atoms with van der Waals surface area (Å²) in [5, 5.41) is 18.0. The average molecular weight is 538 g/mol. The van der Waals surface area contributed by atoms with Gasteiger partial charge in [-0.25, -0.2) is 19.6 Å². The Balaban J connectivity index is 1.47. The number of ether oxygens (including phenoxy) is 2. The Morgan fingerprint density at radius 1 is 0.949 bits per heavy atom. The van der Waals surface area contributed by atoms with Crippen LogP contribution in [0.1, 0.15) is 57.6 Å². The van der Waals surface area contributed by atoms with Gasteiger partial charge < -0.3 is 19.9 Å². The smallest absolute Gasteiger partial charge is 0.424 e. The first-order chi connectivity index (χ1) is 18.7. The van der Waals surface area contributed by atoms with Crippen molar-refractivity contribution in [2.75, 3.05) is 19.6 Å². The molecule has 39 heavy (non-hydrogen) atoms. The molecule has 1 saturated carbocycles. The molecule has 1 aliphatic heterocycles. The molecule has 4 rings (SSSR count). The van der Waals surface area contributed by atoms with Crippen molar-refractivity contribution >= 4 is 12.2 Å². The fourth-order valence-corrected chi connectivity index (χ4v) is 5.56. The first-order valence-electron chi connectivity index (χ1n) is 14.1. The Hall–Kier alpha value is -3.10. The molecular formula is C31H43N3O5. The Morgan fingerprint density at radius 3 is 2.15 bits per heavy atom. The van der Waals surface area contributed by atoms with Crippen molar-refractivity contribution in [3.63, 3.8) is 0 Å². The second kappa shape index (κ2) is 13.3. The number of amides is 2. The summed E-state index contributed by atoms with van der Waals surface area (Å²) in [6.45, 7) is 7.18. The van der Waals surface area contributed by atoms with Crippen LogP contribution in [0.25, 0.3) is 0 Å². The highest BCUT2D eigenvalue weighted by Gasteiger charge is 2.40. The molecule has 0 bridgehead atoms. The number of hydrazine groups is 1. The van der Waals surface area contributed by atoms with E-state index in [1.165, 1.54) is 12.8 Å². The number of hydrogen-bond acceptors (Lipinski definition) is 6. The normalized spacial score (nSPS) is 21.4. The van der Waals surface area contributed by atoms with Crippen LogP contribution in [0.4, 0.5) is 9.59 Å². The van der Waals surface area contributed by atoms with E-state index in [1.54, 1.807) is 5.01 Å². The molecule has 2 aromatic carbocycles. The zero-order chi connectivity index (χ0) is 27.8. The number of aliphatic hydroxyl groups is 1. The molecule has 8 nitrogen and oxygen atoms in total. The van der Waals surface area contributed by atoms with E-state index in [0.717, 1.165) is 24.0 Å². The number of rotatable bonds is 8. The minimum absolute atomic E-state index is 0.141. The number of nitrogens with one attached hydrogen (secondary N) is 1. The number of β-amino-alcohol motifs (C(OH)–C–C–N with tert-alkyl or cyclic N) is 1. The van der Waals surface area contributed by atoms with Gasteiger partial charge in [-0.1, -0.05) is 73.5 Å². The molecule has 2 fully saturated rings. The lowest BCUT2D eigenvalue weighted by Crippen LogP contribution is -2.61. The standard InChI is InChI=1S/C31H43N3O5/c1-31(2,3)39-30(37)34-20-26-17-11-10-16-25(26)19-33(34)21-28(35)27(18-23-12-6-4-7-13-23)32-29(36)38-22-24-14-8-5-9-15-24/h4-9,12-15,25-28,35H,10-11,16-22H2,1-3H3,(H,32,36)/t25?,26?,27-,28?/m0/s1. The zero-order valence-electron chi connectivity index (χ0n) is 23.4. The van der Waals surface area contributed by atoms with Gasteiger partial charge in [-0.05, 0) is 63.0 Å². The van der Waals surface area contributed by atoms with Gasteiger partial charge in [0.2, 0.25) is 0 Å². The second-order valence-corrected chi connectivity index (χ2v) is 11.8. The number of nitrogens with zero attached hydrogens (tertiary/aromatic N) is 2. The van der Waals surface area contributed by atoms with Gasteiger partial charge in [0.1, 0.15) is 12.2 Å². The van der Waals surface area contributed by atoms with Crippen LogP contribution in [0, 0.1) is 11.8 Å². The predicted octanol–water partition coefficient (Wildman–Crippen LogP) is 5.16. The number of carbonyl (C=O) groups excluding carboxylic acids is 2. The second-order valence-electron chi connectivity index (χ2n) is 11.8. The molecule has 0 spiro atoms. The Kier molecular flexibility index (Phi) is 9.86. The fraction of sp³-hybridized carbons (Fsp3) is 0.548. The minimum Gasteiger partial charge on any atom is -0.445 e. The predicted molar refractivity (Wildman–Crippen MR) is 150 cm³/mol. The van der Waals surface area contributed by atoms with Crippen molar-refractivity contribution in [1.82, 2.24) is 15.3 Å². The van der Waals surface area contributed by atoms with Crippen molar-refractivity contribution in [2.45, 2.75) is 77.2 Å². The summed E-state index contributed by atoms with van der Waals surface area (Å²) >= 11 is 0. The van der Waals surface area contributed by atoms with E-state index in [2.05, 4.69) is 5.32 Å². The monoisotopic (exact) mass is 537 g/mol. The topological polar surface area (TPSA) is 91.3 Å². The van der Waals surface area contributed by atoms with Crippen molar-refractivity contribution < 1.29 is 24.2 Å². The molecule has 1 aliphatic carbocycles. The third-order valence-corrected chi connectivity index (χ3v) is 7.54. The van der Waals surface area contributed by atoms with Crippen LogP contribution in [-0.4, -0.2) is 64.7 Å². The molecule has 2 N–H and O–H groups in total. The lowest BCUT2D eigenvalue weighted by molar-refractivity contribution is -0.118. The van der Waals surface area contributed by atoms with Gasteiger partial charge in [0.25, 0.3) is 0 Å². The summed E-state index contributed by atoms with van der Waals surface area (Å²) < 4.78 is 11.2.